The Hall–Kier alpha value is -3.40. The minimum atomic E-state index is -0.132. The minimum Gasteiger partial charge on any atom is -0.494 e. The van der Waals surface area contributed by atoms with Crippen LogP contribution in [-0.4, -0.2) is 18.2 Å². The third-order valence-corrected chi connectivity index (χ3v) is 4.85. The van der Waals surface area contributed by atoms with Gasteiger partial charge in [0.1, 0.15) is 5.75 Å². The largest absolute Gasteiger partial charge is 0.494 e. The molecule has 1 aliphatic rings. The molecule has 140 valence electrons. The van der Waals surface area contributed by atoms with Crippen molar-refractivity contribution in [2.45, 2.75) is 19.8 Å². The SMILES string of the molecule is CCCCOc1ccc(Nc2cccc3c2C(=O)c2ccccc2C3=O)cc1. The van der Waals surface area contributed by atoms with Gasteiger partial charge in [0.25, 0.3) is 0 Å². The zero-order valence-corrected chi connectivity index (χ0v) is 15.7. The maximum absolute atomic E-state index is 13.1. The third-order valence-electron chi connectivity index (χ3n) is 4.85. The van der Waals surface area contributed by atoms with Crippen molar-refractivity contribution in [2.24, 2.45) is 0 Å². The van der Waals surface area contributed by atoms with Gasteiger partial charge >= 0.3 is 0 Å². The molecule has 0 saturated carbocycles. The van der Waals surface area contributed by atoms with Crippen molar-refractivity contribution >= 4 is 22.9 Å². The summed E-state index contributed by atoms with van der Waals surface area (Å²) in [6, 6.07) is 19.9. The number of anilines is 2. The van der Waals surface area contributed by atoms with Gasteiger partial charge in [-0.05, 0) is 36.8 Å². The van der Waals surface area contributed by atoms with Crippen LogP contribution in [0.5, 0.6) is 5.75 Å². The van der Waals surface area contributed by atoms with Crippen molar-refractivity contribution in [3.63, 3.8) is 0 Å². The Morgan fingerprint density at radius 1 is 0.786 bits per heavy atom. The molecule has 0 amide bonds. The first-order chi connectivity index (χ1) is 13.7. The molecule has 0 fully saturated rings. The summed E-state index contributed by atoms with van der Waals surface area (Å²) >= 11 is 0. The molecular weight excluding hydrogens is 350 g/mol. The molecule has 0 unspecified atom stereocenters. The summed E-state index contributed by atoms with van der Waals surface area (Å²) in [5, 5.41) is 3.28. The molecule has 0 aromatic heterocycles. The molecule has 3 aromatic rings. The van der Waals surface area contributed by atoms with Crippen molar-refractivity contribution in [2.75, 3.05) is 11.9 Å². The van der Waals surface area contributed by atoms with Gasteiger partial charge in [0, 0.05) is 22.4 Å². The highest BCUT2D eigenvalue weighted by atomic mass is 16.5. The Morgan fingerprint density at radius 3 is 2.18 bits per heavy atom. The molecule has 3 aromatic carbocycles. The zero-order valence-electron chi connectivity index (χ0n) is 15.7. The molecule has 0 heterocycles. The fourth-order valence-corrected chi connectivity index (χ4v) is 3.37. The van der Waals surface area contributed by atoms with E-state index in [4.69, 9.17) is 4.74 Å². The fourth-order valence-electron chi connectivity index (χ4n) is 3.37. The number of carbonyl (C=O) groups excluding carboxylic acids is 2. The number of hydrogen-bond acceptors (Lipinski definition) is 4. The van der Waals surface area contributed by atoms with Crippen molar-refractivity contribution in [1.29, 1.82) is 0 Å². The smallest absolute Gasteiger partial charge is 0.196 e. The van der Waals surface area contributed by atoms with E-state index in [1.165, 1.54) is 0 Å². The zero-order chi connectivity index (χ0) is 19.5. The number of hydrogen-bond donors (Lipinski definition) is 1. The number of benzene rings is 3. The Morgan fingerprint density at radius 2 is 1.46 bits per heavy atom. The average molecular weight is 371 g/mol. The molecule has 4 heteroatoms. The van der Waals surface area contributed by atoms with E-state index in [9.17, 15) is 9.59 Å². The molecule has 0 aliphatic heterocycles. The van der Waals surface area contributed by atoms with Gasteiger partial charge in [-0.25, -0.2) is 0 Å². The second-order valence-corrected chi connectivity index (χ2v) is 6.78. The Balaban J connectivity index is 1.62. The summed E-state index contributed by atoms with van der Waals surface area (Å²) in [4.78, 5) is 25.9. The quantitative estimate of drug-likeness (QED) is 0.462. The van der Waals surface area contributed by atoms with Gasteiger partial charge in [-0.2, -0.15) is 0 Å². The predicted molar refractivity (Wildman–Crippen MR) is 110 cm³/mol. The maximum atomic E-state index is 13.1. The number of carbonyl (C=O) groups is 2. The van der Waals surface area contributed by atoms with Crippen LogP contribution in [0.4, 0.5) is 11.4 Å². The number of ether oxygens (including phenoxy) is 1. The van der Waals surface area contributed by atoms with Crippen LogP contribution in [0.1, 0.15) is 51.6 Å². The highest BCUT2D eigenvalue weighted by molar-refractivity contribution is 6.30. The summed E-state index contributed by atoms with van der Waals surface area (Å²) in [5.74, 6) is 0.565. The van der Waals surface area contributed by atoms with E-state index in [1.807, 2.05) is 30.3 Å². The number of unbranched alkanes of at least 4 members (excludes halogenated alkanes) is 1. The van der Waals surface area contributed by atoms with E-state index in [0.29, 0.717) is 34.5 Å². The van der Waals surface area contributed by atoms with Crippen LogP contribution in [0.25, 0.3) is 0 Å². The van der Waals surface area contributed by atoms with Crippen LogP contribution in [-0.2, 0) is 0 Å². The normalized spacial score (nSPS) is 12.3. The summed E-state index contributed by atoms with van der Waals surface area (Å²) in [6.07, 6.45) is 2.11. The van der Waals surface area contributed by atoms with Gasteiger partial charge < -0.3 is 10.1 Å². The van der Waals surface area contributed by atoms with Gasteiger partial charge in [0.05, 0.1) is 17.9 Å². The summed E-state index contributed by atoms with van der Waals surface area (Å²) in [6.45, 7) is 2.83. The van der Waals surface area contributed by atoms with Gasteiger partial charge in [-0.15, -0.1) is 0 Å². The number of rotatable bonds is 6. The van der Waals surface area contributed by atoms with E-state index in [0.717, 1.165) is 24.3 Å². The second kappa shape index (κ2) is 7.69. The Labute approximate surface area is 164 Å². The standard InChI is InChI=1S/C24H21NO3/c1-2-3-15-28-17-13-11-16(12-14-17)25-21-10-6-9-20-22(21)24(27)19-8-5-4-7-18(19)23(20)26/h4-14,25H,2-3,15H2,1H3. The van der Waals surface area contributed by atoms with Gasteiger partial charge in [0.2, 0.25) is 0 Å². The van der Waals surface area contributed by atoms with Crippen LogP contribution in [0, 0.1) is 0 Å². The number of nitrogens with one attached hydrogen (secondary N) is 1. The molecule has 4 rings (SSSR count). The monoisotopic (exact) mass is 371 g/mol. The molecule has 0 bridgehead atoms. The Bertz CT molecular complexity index is 1040. The van der Waals surface area contributed by atoms with Crippen molar-refractivity contribution in [3.8, 4) is 5.75 Å². The molecule has 4 nitrogen and oxygen atoms in total. The van der Waals surface area contributed by atoms with Gasteiger partial charge in [-0.3, -0.25) is 9.59 Å². The summed E-state index contributed by atoms with van der Waals surface area (Å²) in [7, 11) is 0. The molecule has 28 heavy (non-hydrogen) atoms. The number of fused-ring (bicyclic) bond motifs is 2. The van der Waals surface area contributed by atoms with Crippen molar-refractivity contribution in [1.82, 2.24) is 0 Å². The molecule has 1 aliphatic carbocycles. The van der Waals surface area contributed by atoms with E-state index in [1.54, 1.807) is 36.4 Å². The van der Waals surface area contributed by atoms with Crippen molar-refractivity contribution < 1.29 is 14.3 Å². The van der Waals surface area contributed by atoms with Gasteiger partial charge in [0.15, 0.2) is 11.6 Å². The first kappa shape index (κ1) is 18.0. The lowest BCUT2D eigenvalue weighted by molar-refractivity contribution is 0.0979. The molecule has 1 N–H and O–H groups in total. The number of ketones is 2. The van der Waals surface area contributed by atoms with E-state index in [-0.39, 0.29) is 11.6 Å². The molecule has 0 spiro atoms. The van der Waals surface area contributed by atoms with Crippen molar-refractivity contribution in [3.05, 3.63) is 89.0 Å². The first-order valence-electron chi connectivity index (χ1n) is 9.50. The fraction of sp³-hybridized carbons (Fsp3) is 0.167. The van der Waals surface area contributed by atoms with E-state index in [2.05, 4.69) is 12.2 Å². The molecular formula is C24H21NO3. The Kier molecular flexibility index (Phi) is 4.94. The highest BCUT2D eigenvalue weighted by Gasteiger charge is 2.31. The lowest BCUT2D eigenvalue weighted by atomic mass is 9.83. The summed E-state index contributed by atoms with van der Waals surface area (Å²) in [5.41, 5.74) is 3.24. The minimum absolute atomic E-state index is 0.117. The predicted octanol–water partition coefficient (Wildman–Crippen LogP) is 5.38. The lowest BCUT2D eigenvalue weighted by Gasteiger charge is -2.20. The van der Waals surface area contributed by atoms with Gasteiger partial charge in [-0.1, -0.05) is 49.7 Å². The maximum Gasteiger partial charge on any atom is 0.196 e. The molecule has 0 saturated heterocycles. The average Bonchev–Trinajstić information content (AvgIpc) is 2.73. The molecule has 0 radical (unpaired) electrons. The van der Waals surface area contributed by atoms with Crippen LogP contribution in [0.2, 0.25) is 0 Å². The highest BCUT2D eigenvalue weighted by Crippen LogP contribution is 2.33. The van der Waals surface area contributed by atoms with E-state index < -0.39 is 0 Å². The van der Waals surface area contributed by atoms with Crippen LogP contribution in [0.3, 0.4) is 0 Å². The van der Waals surface area contributed by atoms with Crippen LogP contribution in [0.15, 0.2) is 66.7 Å². The third kappa shape index (κ3) is 3.29. The molecule has 0 atom stereocenters. The topological polar surface area (TPSA) is 55.4 Å². The van der Waals surface area contributed by atoms with Crippen LogP contribution >= 0.6 is 0 Å². The second-order valence-electron chi connectivity index (χ2n) is 6.78. The van der Waals surface area contributed by atoms with Crippen LogP contribution < -0.4 is 10.1 Å². The van der Waals surface area contributed by atoms with E-state index >= 15 is 0 Å². The summed E-state index contributed by atoms with van der Waals surface area (Å²) < 4.78 is 5.69. The lowest BCUT2D eigenvalue weighted by Crippen LogP contribution is -2.22. The first-order valence-corrected chi connectivity index (χ1v) is 9.50.